The molecule has 70 valence electrons. The zero-order valence-corrected chi connectivity index (χ0v) is 8.26. The van der Waals surface area contributed by atoms with E-state index in [4.69, 9.17) is 16.3 Å². The van der Waals surface area contributed by atoms with Gasteiger partial charge in [0.2, 0.25) is 0 Å². The van der Waals surface area contributed by atoms with Crippen molar-refractivity contribution in [2.45, 2.75) is 13.8 Å². The van der Waals surface area contributed by atoms with E-state index >= 15 is 0 Å². The van der Waals surface area contributed by atoms with E-state index in [1.54, 1.807) is 6.07 Å². The monoisotopic (exact) mass is 199 g/mol. The number of hydrogen-bond acceptors (Lipinski definition) is 3. The molecule has 13 heavy (non-hydrogen) atoms. The van der Waals surface area contributed by atoms with Crippen LogP contribution in [-0.2, 0) is 0 Å². The van der Waals surface area contributed by atoms with Crippen molar-refractivity contribution in [3.05, 3.63) is 23.0 Å². The summed E-state index contributed by atoms with van der Waals surface area (Å²) in [4.78, 5) is 14.8. The first-order valence-electron chi connectivity index (χ1n) is 3.94. The largest absolute Gasteiger partial charge is 0.492 e. The molecule has 0 saturated carbocycles. The minimum absolute atomic E-state index is 0.0994. The summed E-state index contributed by atoms with van der Waals surface area (Å²) >= 11 is 5.78. The topological polar surface area (TPSA) is 39.2 Å². The van der Waals surface area contributed by atoms with Crippen LogP contribution in [0.1, 0.15) is 24.3 Å². The van der Waals surface area contributed by atoms with Gasteiger partial charge in [0.25, 0.3) is 0 Å². The molecule has 0 radical (unpaired) electrons. The molecule has 0 fully saturated rings. The van der Waals surface area contributed by atoms with Gasteiger partial charge >= 0.3 is 0 Å². The van der Waals surface area contributed by atoms with Crippen LogP contribution in [0.3, 0.4) is 0 Å². The fraction of sp³-hybridized carbons (Fsp3) is 0.333. The Bertz CT molecular complexity index is 325. The number of halogens is 1. The SMILES string of the molecule is CCOc1cc(C(C)=O)ncc1Cl. The summed E-state index contributed by atoms with van der Waals surface area (Å²) in [5.41, 5.74) is 0.368. The van der Waals surface area contributed by atoms with E-state index in [-0.39, 0.29) is 5.78 Å². The van der Waals surface area contributed by atoms with E-state index in [1.807, 2.05) is 6.92 Å². The van der Waals surface area contributed by atoms with Crippen molar-refractivity contribution >= 4 is 17.4 Å². The van der Waals surface area contributed by atoms with Gasteiger partial charge < -0.3 is 4.74 Å². The van der Waals surface area contributed by atoms with Crippen LogP contribution >= 0.6 is 11.6 Å². The third-order valence-electron chi connectivity index (χ3n) is 1.48. The summed E-state index contributed by atoms with van der Waals surface area (Å²) in [5, 5.41) is 0.423. The molecule has 0 aromatic carbocycles. The van der Waals surface area contributed by atoms with Gasteiger partial charge in [0.15, 0.2) is 5.78 Å². The van der Waals surface area contributed by atoms with Crippen molar-refractivity contribution < 1.29 is 9.53 Å². The number of ketones is 1. The van der Waals surface area contributed by atoms with Gasteiger partial charge in [-0.05, 0) is 6.92 Å². The van der Waals surface area contributed by atoms with Crippen LogP contribution in [0, 0.1) is 0 Å². The number of hydrogen-bond donors (Lipinski definition) is 0. The summed E-state index contributed by atoms with van der Waals surface area (Å²) < 4.78 is 5.20. The highest BCUT2D eigenvalue weighted by Crippen LogP contribution is 2.23. The molecule has 3 nitrogen and oxygen atoms in total. The third kappa shape index (κ3) is 2.42. The van der Waals surface area contributed by atoms with Gasteiger partial charge in [-0.15, -0.1) is 0 Å². The number of carbonyl (C=O) groups is 1. The quantitative estimate of drug-likeness (QED) is 0.702. The number of aromatic nitrogens is 1. The fourth-order valence-corrected chi connectivity index (χ4v) is 1.04. The molecule has 0 aliphatic heterocycles. The standard InChI is InChI=1S/C9H10ClNO2/c1-3-13-9-4-8(6(2)12)11-5-7(9)10/h4-5H,3H2,1-2H3. The Labute approximate surface area is 81.7 Å². The van der Waals surface area contributed by atoms with Crippen molar-refractivity contribution in [2.24, 2.45) is 0 Å². The number of pyridine rings is 1. The number of rotatable bonds is 3. The van der Waals surface area contributed by atoms with Crippen LogP contribution in [0.15, 0.2) is 12.3 Å². The van der Waals surface area contributed by atoms with Gasteiger partial charge in [-0.3, -0.25) is 9.78 Å². The zero-order chi connectivity index (χ0) is 9.84. The Morgan fingerprint density at radius 1 is 1.69 bits per heavy atom. The van der Waals surface area contributed by atoms with E-state index in [2.05, 4.69) is 4.98 Å². The van der Waals surface area contributed by atoms with E-state index in [0.717, 1.165) is 0 Å². The van der Waals surface area contributed by atoms with Gasteiger partial charge in [-0.2, -0.15) is 0 Å². The van der Waals surface area contributed by atoms with Crippen LogP contribution in [0.25, 0.3) is 0 Å². The molecular weight excluding hydrogens is 190 g/mol. The van der Waals surface area contributed by atoms with Gasteiger partial charge in [0.05, 0.1) is 12.8 Å². The van der Waals surface area contributed by atoms with Crippen molar-refractivity contribution in [2.75, 3.05) is 6.61 Å². The second-order valence-corrected chi connectivity index (χ2v) is 2.90. The second kappa shape index (κ2) is 4.23. The summed E-state index contributed by atoms with van der Waals surface area (Å²) in [6, 6.07) is 1.55. The highest BCUT2D eigenvalue weighted by Gasteiger charge is 2.06. The van der Waals surface area contributed by atoms with Gasteiger partial charge in [-0.1, -0.05) is 11.6 Å². The zero-order valence-electron chi connectivity index (χ0n) is 7.50. The maximum Gasteiger partial charge on any atom is 0.178 e. The lowest BCUT2D eigenvalue weighted by Crippen LogP contribution is -1.99. The van der Waals surface area contributed by atoms with E-state index in [0.29, 0.717) is 23.1 Å². The molecule has 0 bridgehead atoms. The van der Waals surface area contributed by atoms with Gasteiger partial charge in [0.1, 0.15) is 16.5 Å². The Morgan fingerprint density at radius 3 is 2.92 bits per heavy atom. The lowest BCUT2D eigenvalue weighted by atomic mass is 10.2. The van der Waals surface area contributed by atoms with Crippen molar-refractivity contribution in [1.82, 2.24) is 4.98 Å². The third-order valence-corrected chi connectivity index (χ3v) is 1.76. The number of ether oxygens (including phenoxy) is 1. The maximum atomic E-state index is 11.0. The predicted molar refractivity (Wildman–Crippen MR) is 50.4 cm³/mol. The van der Waals surface area contributed by atoms with Gasteiger partial charge in [-0.25, -0.2) is 0 Å². The van der Waals surface area contributed by atoms with Crippen molar-refractivity contribution in [3.63, 3.8) is 0 Å². The van der Waals surface area contributed by atoms with Crippen molar-refractivity contribution in [3.8, 4) is 5.75 Å². The molecule has 0 saturated heterocycles. The summed E-state index contributed by atoms with van der Waals surface area (Å²) in [7, 11) is 0. The minimum atomic E-state index is -0.0994. The Morgan fingerprint density at radius 2 is 2.38 bits per heavy atom. The number of carbonyl (C=O) groups excluding carboxylic acids is 1. The smallest absolute Gasteiger partial charge is 0.178 e. The molecule has 0 amide bonds. The average Bonchev–Trinajstić information content (AvgIpc) is 2.08. The number of nitrogens with zero attached hydrogens (tertiary/aromatic N) is 1. The molecule has 1 rings (SSSR count). The normalized spacial score (nSPS) is 9.77. The lowest BCUT2D eigenvalue weighted by Gasteiger charge is -2.05. The van der Waals surface area contributed by atoms with Crippen LogP contribution in [0.5, 0.6) is 5.75 Å². The minimum Gasteiger partial charge on any atom is -0.492 e. The van der Waals surface area contributed by atoms with Gasteiger partial charge in [0, 0.05) is 13.0 Å². The Hall–Kier alpha value is -1.09. The van der Waals surface area contributed by atoms with Crippen molar-refractivity contribution in [1.29, 1.82) is 0 Å². The lowest BCUT2D eigenvalue weighted by molar-refractivity contribution is 0.101. The Kier molecular flexibility index (Phi) is 3.25. The maximum absolute atomic E-state index is 11.0. The highest BCUT2D eigenvalue weighted by molar-refractivity contribution is 6.32. The van der Waals surface area contributed by atoms with Crippen LogP contribution in [0.2, 0.25) is 5.02 Å². The molecule has 1 heterocycles. The predicted octanol–water partition coefficient (Wildman–Crippen LogP) is 2.34. The fourth-order valence-electron chi connectivity index (χ4n) is 0.879. The molecule has 0 atom stereocenters. The van der Waals surface area contributed by atoms with Crippen LogP contribution in [-0.4, -0.2) is 17.4 Å². The van der Waals surface area contributed by atoms with Crippen LogP contribution in [0.4, 0.5) is 0 Å². The molecule has 0 aliphatic carbocycles. The van der Waals surface area contributed by atoms with E-state index in [9.17, 15) is 4.79 Å². The molecule has 0 N–H and O–H groups in total. The second-order valence-electron chi connectivity index (χ2n) is 2.49. The first-order valence-corrected chi connectivity index (χ1v) is 4.32. The molecule has 1 aromatic heterocycles. The molecule has 1 aromatic rings. The summed E-state index contributed by atoms with van der Waals surface area (Å²) in [6.45, 7) is 3.82. The molecule has 0 unspecified atom stereocenters. The summed E-state index contributed by atoms with van der Waals surface area (Å²) in [6.07, 6.45) is 1.42. The molecule has 0 aliphatic rings. The first-order chi connectivity index (χ1) is 6.15. The highest BCUT2D eigenvalue weighted by atomic mass is 35.5. The first kappa shape index (κ1) is 9.99. The Balaban J connectivity index is 3.03. The molecular formula is C9H10ClNO2. The van der Waals surface area contributed by atoms with E-state index in [1.165, 1.54) is 13.1 Å². The summed E-state index contributed by atoms with van der Waals surface area (Å²) in [5.74, 6) is 0.405. The van der Waals surface area contributed by atoms with Crippen LogP contribution < -0.4 is 4.74 Å². The molecule has 4 heteroatoms. The van der Waals surface area contributed by atoms with E-state index < -0.39 is 0 Å². The molecule has 0 spiro atoms. The number of Topliss-reactive ketones (excluding diaryl/α,β-unsaturated/α-hetero) is 1. The average molecular weight is 200 g/mol.